The van der Waals surface area contributed by atoms with Crippen LogP contribution < -0.4 is 10.5 Å². The molecule has 1 aromatic carbocycles. The van der Waals surface area contributed by atoms with Gasteiger partial charge in [-0.25, -0.2) is 4.79 Å². The Labute approximate surface area is 102 Å². The van der Waals surface area contributed by atoms with Crippen molar-refractivity contribution in [3.05, 3.63) is 29.8 Å². The summed E-state index contributed by atoms with van der Waals surface area (Å²) in [6, 6.07) is 6.21. The topological polar surface area (TPSA) is 89.6 Å². The van der Waals surface area contributed by atoms with Gasteiger partial charge in [0.05, 0.1) is 5.56 Å². The molecule has 0 heterocycles. The monoisotopic (exact) mass is 302 g/mol. The third-order valence-corrected chi connectivity index (χ3v) is 1.50. The molecule has 1 amide bonds. The Morgan fingerprint density at radius 3 is 2.47 bits per heavy atom. The summed E-state index contributed by atoms with van der Waals surface area (Å²) in [6.45, 7) is -0.496. The number of hydrogen-bond donors (Lipinski definition) is 2. The second-order valence-electron chi connectivity index (χ2n) is 2.54. The summed E-state index contributed by atoms with van der Waals surface area (Å²) in [6.07, 6.45) is 0. The largest absolute Gasteiger partial charge is 0.481 e. The van der Waals surface area contributed by atoms with E-state index in [1.54, 1.807) is 12.1 Å². The minimum absolute atomic E-state index is 0. The van der Waals surface area contributed by atoms with E-state index in [4.69, 9.17) is 15.6 Å². The Kier molecular flexibility index (Phi) is 5.69. The minimum Gasteiger partial charge on any atom is -0.481 e. The SMILES string of the molecule is NC(=O)c1ccccc1OCC(=O)O.[Ag]. The Hall–Kier alpha value is -1.30. The van der Waals surface area contributed by atoms with Crippen molar-refractivity contribution >= 4 is 11.9 Å². The van der Waals surface area contributed by atoms with Gasteiger partial charge in [-0.05, 0) is 12.1 Å². The average molecular weight is 303 g/mol. The van der Waals surface area contributed by atoms with Gasteiger partial charge in [0.15, 0.2) is 6.61 Å². The molecular formula is C9H9AgNO4. The molecule has 5 nitrogen and oxygen atoms in total. The third kappa shape index (κ3) is 4.16. The van der Waals surface area contributed by atoms with Crippen molar-refractivity contribution < 1.29 is 41.8 Å². The van der Waals surface area contributed by atoms with Crippen molar-refractivity contribution in [2.24, 2.45) is 5.73 Å². The van der Waals surface area contributed by atoms with E-state index in [0.29, 0.717) is 0 Å². The number of nitrogens with two attached hydrogens (primary N) is 1. The molecule has 0 aliphatic rings. The molecule has 0 aliphatic heterocycles. The quantitative estimate of drug-likeness (QED) is 0.780. The van der Waals surface area contributed by atoms with Gasteiger partial charge in [-0.1, -0.05) is 12.1 Å². The van der Waals surface area contributed by atoms with Gasteiger partial charge < -0.3 is 15.6 Å². The number of para-hydroxylation sites is 1. The Morgan fingerprint density at radius 1 is 1.33 bits per heavy atom. The zero-order valence-corrected chi connectivity index (χ0v) is 9.05. The molecule has 0 atom stereocenters. The second kappa shape index (κ2) is 6.23. The molecule has 0 fully saturated rings. The molecule has 0 bridgehead atoms. The van der Waals surface area contributed by atoms with E-state index in [-0.39, 0.29) is 33.7 Å². The van der Waals surface area contributed by atoms with Gasteiger partial charge in [0.2, 0.25) is 0 Å². The van der Waals surface area contributed by atoms with E-state index in [2.05, 4.69) is 0 Å². The van der Waals surface area contributed by atoms with Crippen LogP contribution >= 0.6 is 0 Å². The van der Waals surface area contributed by atoms with Gasteiger partial charge in [0.1, 0.15) is 5.75 Å². The van der Waals surface area contributed by atoms with E-state index >= 15 is 0 Å². The van der Waals surface area contributed by atoms with Crippen LogP contribution in [0.25, 0.3) is 0 Å². The number of carbonyl (C=O) groups excluding carboxylic acids is 1. The smallest absolute Gasteiger partial charge is 0.341 e. The van der Waals surface area contributed by atoms with E-state index in [9.17, 15) is 9.59 Å². The number of carboxylic acid groups (broad SMARTS) is 1. The van der Waals surface area contributed by atoms with Crippen LogP contribution in [0.2, 0.25) is 0 Å². The molecule has 3 N–H and O–H groups in total. The standard InChI is InChI=1S/C9H9NO4.Ag/c10-9(13)6-3-1-2-4-7(6)14-5-8(11)12;/h1-4H,5H2,(H2,10,13)(H,11,12);. The summed E-state index contributed by atoms with van der Waals surface area (Å²) >= 11 is 0. The van der Waals surface area contributed by atoms with Gasteiger partial charge in [-0.15, -0.1) is 0 Å². The molecule has 0 saturated heterocycles. The Bertz CT molecular complexity index is 367. The second-order valence-corrected chi connectivity index (χ2v) is 2.54. The maximum Gasteiger partial charge on any atom is 0.341 e. The van der Waals surface area contributed by atoms with Crippen LogP contribution in [-0.4, -0.2) is 23.6 Å². The number of carbonyl (C=O) groups is 2. The Morgan fingerprint density at radius 2 is 1.93 bits per heavy atom. The third-order valence-electron chi connectivity index (χ3n) is 1.50. The normalized spacial score (nSPS) is 8.80. The molecule has 0 aromatic heterocycles. The number of primary amides is 1. The molecule has 0 saturated carbocycles. The molecule has 0 aliphatic carbocycles. The first kappa shape index (κ1) is 13.7. The van der Waals surface area contributed by atoms with Gasteiger partial charge >= 0.3 is 5.97 Å². The van der Waals surface area contributed by atoms with Gasteiger partial charge in [-0.3, -0.25) is 4.79 Å². The fraction of sp³-hybridized carbons (Fsp3) is 0.111. The van der Waals surface area contributed by atoms with Crippen LogP contribution in [0.3, 0.4) is 0 Å². The first-order valence-corrected chi connectivity index (χ1v) is 3.84. The molecule has 6 heteroatoms. The van der Waals surface area contributed by atoms with Crippen LogP contribution in [-0.2, 0) is 27.2 Å². The molecular weight excluding hydrogens is 294 g/mol. The molecule has 1 aromatic rings. The molecule has 15 heavy (non-hydrogen) atoms. The van der Waals surface area contributed by atoms with Crippen molar-refractivity contribution in [2.75, 3.05) is 6.61 Å². The zero-order valence-electron chi connectivity index (χ0n) is 7.57. The van der Waals surface area contributed by atoms with Crippen LogP contribution in [0.15, 0.2) is 24.3 Å². The number of aliphatic carboxylic acids is 1. The summed E-state index contributed by atoms with van der Waals surface area (Å²) in [4.78, 5) is 21.1. The van der Waals surface area contributed by atoms with Crippen LogP contribution in [0.4, 0.5) is 0 Å². The predicted octanol–water partition coefficient (Wildman–Crippen LogP) is 0.246. The van der Waals surface area contributed by atoms with Crippen LogP contribution in [0, 0.1) is 0 Å². The zero-order chi connectivity index (χ0) is 10.6. The summed E-state index contributed by atoms with van der Waals surface area (Å²) in [5, 5.41) is 8.36. The van der Waals surface area contributed by atoms with Crippen molar-refractivity contribution in [2.45, 2.75) is 0 Å². The van der Waals surface area contributed by atoms with Crippen LogP contribution in [0.5, 0.6) is 5.75 Å². The molecule has 0 spiro atoms. The van der Waals surface area contributed by atoms with E-state index in [1.807, 2.05) is 0 Å². The van der Waals surface area contributed by atoms with Gasteiger partial charge in [-0.2, -0.15) is 0 Å². The summed E-state index contributed by atoms with van der Waals surface area (Å²) in [5.74, 6) is -1.57. The van der Waals surface area contributed by atoms with Crippen molar-refractivity contribution in [3.63, 3.8) is 0 Å². The first-order valence-electron chi connectivity index (χ1n) is 3.84. The molecule has 1 rings (SSSR count). The molecule has 85 valence electrons. The van der Waals surface area contributed by atoms with E-state index in [1.165, 1.54) is 12.1 Å². The maximum absolute atomic E-state index is 10.9. The number of amides is 1. The molecule has 0 unspecified atom stereocenters. The Balaban J connectivity index is 0.00000196. The fourth-order valence-corrected chi connectivity index (χ4v) is 0.936. The number of ether oxygens (including phenoxy) is 1. The number of carboxylic acids is 1. The minimum atomic E-state index is -1.11. The summed E-state index contributed by atoms with van der Waals surface area (Å²) in [5.41, 5.74) is 5.23. The van der Waals surface area contributed by atoms with Crippen LogP contribution in [0.1, 0.15) is 10.4 Å². The molecule has 1 radical (unpaired) electrons. The van der Waals surface area contributed by atoms with Crippen molar-refractivity contribution in [1.82, 2.24) is 0 Å². The van der Waals surface area contributed by atoms with Crippen molar-refractivity contribution in [1.29, 1.82) is 0 Å². The maximum atomic E-state index is 10.9. The number of benzene rings is 1. The van der Waals surface area contributed by atoms with E-state index < -0.39 is 18.5 Å². The predicted molar refractivity (Wildman–Crippen MR) is 48.1 cm³/mol. The number of hydrogen-bond acceptors (Lipinski definition) is 3. The average Bonchev–Trinajstić information content (AvgIpc) is 2.15. The van der Waals surface area contributed by atoms with Gasteiger partial charge in [0.25, 0.3) is 5.91 Å². The summed E-state index contributed by atoms with van der Waals surface area (Å²) in [7, 11) is 0. The summed E-state index contributed by atoms with van der Waals surface area (Å²) < 4.78 is 4.86. The first-order chi connectivity index (χ1) is 6.61. The van der Waals surface area contributed by atoms with Gasteiger partial charge in [0, 0.05) is 22.4 Å². The van der Waals surface area contributed by atoms with E-state index in [0.717, 1.165) is 0 Å². The number of rotatable bonds is 4. The fourth-order valence-electron chi connectivity index (χ4n) is 0.936. The van der Waals surface area contributed by atoms with Crippen molar-refractivity contribution in [3.8, 4) is 5.75 Å².